The fourth-order valence-electron chi connectivity index (χ4n) is 2.42. The lowest BCUT2D eigenvalue weighted by Gasteiger charge is -2.17. The molecule has 1 aliphatic heterocycles. The zero-order valence-electron chi connectivity index (χ0n) is 11.7. The molecule has 0 spiro atoms. The van der Waals surface area contributed by atoms with Crippen LogP contribution in [0.25, 0.3) is 0 Å². The minimum atomic E-state index is -0.461. The number of phenolic OH excluding ortho intramolecular Hbond substituents is 1. The third kappa shape index (κ3) is 2.26. The Balaban J connectivity index is 2.55. The smallest absolute Gasteiger partial charge is 0.343 e. The minimum Gasteiger partial charge on any atom is -0.507 e. The Bertz CT molecular complexity index is 511. The fraction of sp³-hybridized carbons (Fsp3) is 0.500. The summed E-state index contributed by atoms with van der Waals surface area (Å²) in [6.45, 7) is 2.48. The summed E-state index contributed by atoms with van der Waals surface area (Å²) in [4.78, 5) is 13.8. The van der Waals surface area contributed by atoms with Crippen LogP contribution in [0, 0.1) is 0 Å². The van der Waals surface area contributed by atoms with Crippen LogP contribution in [0.15, 0.2) is 6.07 Å². The van der Waals surface area contributed by atoms with E-state index in [1.165, 1.54) is 0 Å². The van der Waals surface area contributed by atoms with Crippen molar-refractivity contribution < 1.29 is 19.4 Å². The lowest BCUT2D eigenvalue weighted by atomic mass is 9.98. The Morgan fingerprint density at radius 2 is 2.16 bits per heavy atom. The molecule has 104 valence electrons. The predicted octanol–water partition coefficient (Wildman–Crippen LogP) is 1.74. The van der Waals surface area contributed by atoms with Gasteiger partial charge in [0.25, 0.3) is 0 Å². The van der Waals surface area contributed by atoms with Crippen LogP contribution in [0.4, 0.5) is 0 Å². The van der Waals surface area contributed by atoms with Gasteiger partial charge in [0.1, 0.15) is 23.2 Å². The number of esters is 1. The summed E-state index contributed by atoms with van der Waals surface area (Å²) in [6.07, 6.45) is 0.233. The van der Waals surface area contributed by atoms with Crippen molar-refractivity contribution in [3.05, 3.63) is 22.8 Å². The number of ether oxygens (including phenoxy) is 2. The minimum absolute atomic E-state index is 0.0110. The van der Waals surface area contributed by atoms with Crippen LogP contribution < -0.4 is 4.74 Å². The molecule has 1 aromatic rings. The van der Waals surface area contributed by atoms with E-state index in [4.69, 9.17) is 9.47 Å². The summed E-state index contributed by atoms with van der Waals surface area (Å²) in [7, 11) is 5.37. The summed E-state index contributed by atoms with van der Waals surface area (Å²) in [6, 6.07) is 1.80. The van der Waals surface area contributed by atoms with E-state index < -0.39 is 5.97 Å². The van der Waals surface area contributed by atoms with Gasteiger partial charge >= 0.3 is 5.97 Å². The number of fused-ring (bicyclic) bond motifs is 1. The number of nitrogens with zero attached hydrogens (tertiary/aromatic N) is 1. The third-order valence-corrected chi connectivity index (χ3v) is 3.30. The van der Waals surface area contributed by atoms with Crippen LogP contribution in [0.5, 0.6) is 11.5 Å². The zero-order valence-corrected chi connectivity index (χ0v) is 11.7. The maximum atomic E-state index is 11.9. The van der Waals surface area contributed by atoms with Gasteiger partial charge in [-0.1, -0.05) is 6.92 Å². The molecule has 5 heteroatoms. The zero-order chi connectivity index (χ0) is 14.2. The first-order valence-electron chi connectivity index (χ1n) is 6.28. The van der Waals surface area contributed by atoms with Gasteiger partial charge in [-0.2, -0.15) is 0 Å². The van der Waals surface area contributed by atoms with Gasteiger partial charge in [0.15, 0.2) is 0 Å². The molecule has 2 rings (SSSR count). The highest BCUT2D eigenvalue weighted by Crippen LogP contribution is 2.42. The van der Waals surface area contributed by atoms with Crippen molar-refractivity contribution in [1.82, 2.24) is 4.90 Å². The predicted molar refractivity (Wildman–Crippen MR) is 70.7 cm³/mol. The molecule has 0 fully saturated rings. The first-order chi connectivity index (χ1) is 8.99. The van der Waals surface area contributed by atoms with Gasteiger partial charge in [-0.05, 0) is 26.6 Å². The van der Waals surface area contributed by atoms with Crippen LogP contribution in [-0.2, 0) is 11.2 Å². The number of hydrogen-bond donors (Lipinski definition) is 1. The molecular weight excluding hydrogens is 246 g/mol. The molecule has 0 aromatic heterocycles. The van der Waals surface area contributed by atoms with Gasteiger partial charge in [-0.3, -0.25) is 0 Å². The normalized spacial score (nSPS) is 17.5. The molecule has 0 radical (unpaired) electrons. The fourth-order valence-corrected chi connectivity index (χ4v) is 2.42. The third-order valence-electron chi connectivity index (χ3n) is 3.30. The van der Waals surface area contributed by atoms with E-state index >= 15 is 0 Å². The van der Waals surface area contributed by atoms with Crippen molar-refractivity contribution in [2.24, 2.45) is 0 Å². The quantitative estimate of drug-likeness (QED) is 0.840. The van der Waals surface area contributed by atoms with Gasteiger partial charge in [-0.15, -0.1) is 0 Å². The molecule has 0 bridgehead atoms. The molecule has 0 saturated heterocycles. The van der Waals surface area contributed by atoms with Gasteiger partial charge < -0.3 is 19.5 Å². The molecule has 1 aromatic carbocycles. The van der Waals surface area contributed by atoms with E-state index in [2.05, 4.69) is 0 Å². The highest BCUT2D eigenvalue weighted by atomic mass is 16.6. The number of aromatic hydroxyl groups is 1. The highest BCUT2D eigenvalue weighted by Gasteiger charge is 2.36. The van der Waals surface area contributed by atoms with Gasteiger partial charge in [0.2, 0.25) is 0 Å². The topological polar surface area (TPSA) is 59.0 Å². The Hall–Kier alpha value is -1.75. The average molecular weight is 265 g/mol. The average Bonchev–Trinajstić information content (AvgIpc) is 2.65. The van der Waals surface area contributed by atoms with Crippen LogP contribution >= 0.6 is 0 Å². The summed E-state index contributed by atoms with van der Waals surface area (Å²) in [5.41, 5.74) is 1.62. The molecule has 5 nitrogen and oxygen atoms in total. The largest absolute Gasteiger partial charge is 0.507 e. The van der Waals surface area contributed by atoms with Crippen LogP contribution in [-0.4, -0.2) is 43.7 Å². The van der Waals surface area contributed by atoms with Crippen LogP contribution in [0.2, 0.25) is 0 Å². The van der Waals surface area contributed by atoms with Crippen molar-refractivity contribution in [2.45, 2.75) is 19.4 Å². The number of benzene rings is 1. The van der Waals surface area contributed by atoms with Gasteiger partial charge in [0, 0.05) is 17.7 Å². The van der Waals surface area contributed by atoms with Crippen molar-refractivity contribution in [3.63, 3.8) is 0 Å². The molecule has 19 heavy (non-hydrogen) atoms. The first kappa shape index (κ1) is 13.7. The van der Waals surface area contributed by atoms with Gasteiger partial charge in [-0.25, -0.2) is 4.79 Å². The summed E-state index contributed by atoms with van der Waals surface area (Å²) in [5.74, 6) is 0.126. The molecule has 1 aliphatic rings. The maximum Gasteiger partial charge on any atom is 0.343 e. The number of likely N-dealkylation sites (N-methyl/N-ethyl adjacent to an activating group) is 1. The van der Waals surface area contributed by atoms with Crippen molar-refractivity contribution in [1.29, 1.82) is 0 Å². The molecule has 0 unspecified atom stereocenters. The number of hydrogen-bond acceptors (Lipinski definition) is 5. The Morgan fingerprint density at radius 1 is 1.47 bits per heavy atom. The first-order valence-corrected chi connectivity index (χ1v) is 6.28. The Kier molecular flexibility index (Phi) is 3.66. The standard InChI is InChI=1S/C14H19NO4/c1-5-8-10(18-4)6-9-11(7-15(2)3)19-14(17)12(9)13(8)16/h6,11,16H,5,7H2,1-4H3/t11-/m1/s1. The molecular formula is C14H19NO4. The number of phenols is 1. The van der Waals surface area contributed by atoms with Crippen LogP contribution in [0.3, 0.4) is 0 Å². The maximum absolute atomic E-state index is 11.9. The molecule has 0 saturated carbocycles. The van der Waals surface area contributed by atoms with Crippen molar-refractivity contribution >= 4 is 5.97 Å². The summed E-state index contributed by atoms with van der Waals surface area (Å²) >= 11 is 0. The number of cyclic esters (lactones) is 1. The summed E-state index contributed by atoms with van der Waals surface area (Å²) < 4.78 is 10.6. The Labute approximate surface area is 112 Å². The van der Waals surface area contributed by atoms with E-state index in [1.807, 2.05) is 25.9 Å². The summed E-state index contributed by atoms with van der Waals surface area (Å²) in [5, 5.41) is 10.2. The lowest BCUT2D eigenvalue weighted by Crippen LogP contribution is -2.20. The second kappa shape index (κ2) is 5.09. The van der Waals surface area contributed by atoms with Gasteiger partial charge in [0.05, 0.1) is 7.11 Å². The highest BCUT2D eigenvalue weighted by molar-refractivity contribution is 5.98. The number of rotatable bonds is 4. The number of carbonyl (C=O) groups excluding carboxylic acids is 1. The Morgan fingerprint density at radius 3 is 2.68 bits per heavy atom. The van der Waals surface area contributed by atoms with E-state index in [0.29, 0.717) is 29.8 Å². The van der Waals surface area contributed by atoms with E-state index in [-0.39, 0.29) is 17.4 Å². The number of carbonyl (C=O) groups is 1. The monoisotopic (exact) mass is 265 g/mol. The SMILES string of the molecule is CCc1c(OC)cc2c(c1O)C(=O)O[C@@H]2CN(C)C. The molecule has 1 atom stereocenters. The molecule has 0 amide bonds. The van der Waals surface area contributed by atoms with E-state index in [9.17, 15) is 9.90 Å². The van der Waals surface area contributed by atoms with E-state index in [0.717, 1.165) is 0 Å². The van der Waals surface area contributed by atoms with Crippen LogP contribution in [0.1, 0.15) is 34.5 Å². The van der Waals surface area contributed by atoms with Crippen molar-refractivity contribution in [3.8, 4) is 11.5 Å². The lowest BCUT2D eigenvalue weighted by molar-refractivity contribution is 0.0330. The molecule has 0 aliphatic carbocycles. The second-order valence-electron chi connectivity index (χ2n) is 4.88. The molecule has 1 heterocycles. The van der Waals surface area contributed by atoms with Crippen molar-refractivity contribution in [2.75, 3.05) is 27.7 Å². The second-order valence-corrected chi connectivity index (χ2v) is 4.88. The molecule has 1 N–H and O–H groups in total. The van der Waals surface area contributed by atoms with E-state index in [1.54, 1.807) is 13.2 Å². The number of methoxy groups -OCH3 is 1.